The van der Waals surface area contributed by atoms with Crippen molar-refractivity contribution in [3.8, 4) is 11.8 Å². The van der Waals surface area contributed by atoms with E-state index in [2.05, 4.69) is 18.8 Å². The second-order valence-corrected chi connectivity index (χ2v) is 8.82. The first-order valence-electron chi connectivity index (χ1n) is 11.3. The molecule has 166 valence electrons. The van der Waals surface area contributed by atoms with E-state index in [1.807, 2.05) is 6.07 Å². The Morgan fingerprint density at radius 2 is 1.53 bits per heavy atom. The first-order chi connectivity index (χ1) is 15.4. The fourth-order valence-corrected chi connectivity index (χ4v) is 4.64. The van der Waals surface area contributed by atoms with Gasteiger partial charge in [0.05, 0.1) is 5.56 Å². The quantitative estimate of drug-likeness (QED) is 0.220. The number of fused-ring (bicyclic) bond motifs is 1. The van der Waals surface area contributed by atoms with E-state index in [-0.39, 0.29) is 22.2 Å². The molecule has 0 unspecified atom stereocenters. The van der Waals surface area contributed by atoms with Gasteiger partial charge in [-0.1, -0.05) is 63.0 Å². The molecule has 0 aromatic heterocycles. The van der Waals surface area contributed by atoms with Gasteiger partial charge in [-0.05, 0) is 66.0 Å². The Kier molecular flexibility index (Phi) is 6.84. The normalized spacial score (nSPS) is 18.4. The molecule has 1 saturated carbocycles. The standard InChI is InChI=1S/C28H26F4/c1-2-18-3-5-19(6-4-18)7-8-21-10-13-22(25(29)16-21)12-9-20-11-14-24-23(15-20)17-26(30)28(32)27(24)31/h10-11,13-19H,2-8H2,1H3. The van der Waals surface area contributed by atoms with E-state index in [1.54, 1.807) is 12.1 Å². The van der Waals surface area contributed by atoms with E-state index in [9.17, 15) is 17.6 Å². The number of rotatable bonds is 4. The SMILES string of the molecule is CCC1CCC(CCc2ccc(C#Cc3ccc4c(F)c(F)c(F)cc4c3)c(F)c2)CC1. The van der Waals surface area contributed by atoms with E-state index in [0.717, 1.165) is 36.3 Å². The molecular formula is C28H26F4. The van der Waals surface area contributed by atoms with Crippen molar-refractivity contribution in [1.29, 1.82) is 0 Å². The molecule has 1 aliphatic rings. The third kappa shape index (κ3) is 4.99. The van der Waals surface area contributed by atoms with E-state index in [1.165, 1.54) is 50.3 Å². The van der Waals surface area contributed by atoms with Gasteiger partial charge >= 0.3 is 0 Å². The van der Waals surface area contributed by atoms with Gasteiger partial charge in [-0.3, -0.25) is 0 Å². The summed E-state index contributed by atoms with van der Waals surface area (Å²) in [5.41, 5.74) is 1.71. The minimum Gasteiger partial charge on any atom is -0.206 e. The van der Waals surface area contributed by atoms with Crippen molar-refractivity contribution in [1.82, 2.24) is 0 Å². The summed E-state index contributed by atoms with van der Waals surface area (Å²) in [5.74, 6) is 2.90. The Labute approximate surface area is 186 Å². The zero-order chi connectivity index (χ0) is 22.7. The van der Waals surface area contributed by atoms with E-state index in [4.69, 9.17) is 0 Å². The molecule has 4 heteroatoms. The predicted octanol–water partition coefficient (Wildman–Crippen LogP) is 7.95. The molecule has 3 aromatic carbocycles. The summed E-state index contributed by atoms with van der Waals surface area (Å²) in [6, 6.07) is 10.4. The molecule has 0 nitrogen and oxygen atoms in total. The van der Waals surface area contributed by atoms with Crippen LogP contribution in [-0.2, 0) is 6.42 Å². The number of benzene rings is 3. The van der Waals surface area contributed by atoms with Crippen molar-refractivity contribution in [3.63, 3.8) is 0 Å². The molecule has 0 saturated heterocycles. The van der Waals surface area contributed by atoms with Crippen LogP contribution in [-0.4, -0.2) is 0 Å². The Bertz CT molecular complexity index is 1180. The Balaban J connectivity index is 1.44. The molecule has 0 aliphatic heterocycles. The first-order valence-corrected chi connectivity index (χ1v) is 11.3. The van der Waals surface area contributed by atoms with Crippen LogP contribution in [0.15, 0.2) is 42.5 Å². The van der Waals surface area contributed by atoms with Crippen LogP contribution in [0.1, 0.15) is 62.1 Å². The maximum absolute atomic E-state index is 14.6. The maximum Gasteiger partial charge on any atom is 0.195 e. The van der Waals surface area contributed by atoms with Crippen molar-refractivity contribution in [2.75, 3.05) is 0 Å². The molecular weight excluding hydrogens is 412 g/mol. The lowest BCUT2D eigenvalue weighted by Gasteiger charge is -2.27. The van der Waals surface area contributed by atoms with Gasteiger partial charge in [-0.25, -0.2) is 17.6 Å². The summed E-state index contributed by atoms with van der Waals surface area (Å²) in [7, 11) is 0. The van der Waals surface area contributed by atoms with Gasteiger partial charge in [0, 0.05) is 10.9 Å². The van der Waals surface area contributed by atoms with Gasteiger partial charge in [0.25, 0.3) is 0 Å². The highest BCUT2D eigenvalue weighted by Gasteiger charge is 2.19. The highest BCUT2D eigenvalue weighted by molar-refractivity contribution is 5.84. The summed E-state index contributed by atoms with van der Waals surface area (Å²) >= 11 is 0. The molecule has 1 aliphatic carbocycles. The zero-order valence-corrected chi connectivity index (χ0v) is 18.2. The summed E-state index contributed by atoms with van der Waals surface area (Å²) in [6.07, 6.45) is 8.40. The van der Waals surface area contributed by atoms with E-state index < -0.39 is 17.5 Å². The molecule has 0 atom stereocenters. The van der Waals surface area contributed by atoms with Crippen molar-refractivity contribution in [2.24, 2.45) is 11.8 Å². The zero-order valence-electron chi connectivity index (χ0n) is 18.2. The van der Waals surface area contributed by atoms with E-state index in [0.29, 0.717) is 5.56 Å². The lowest BCUT2D eigenvalue weighted by Crippen LogP contribution is -2.14. The van der Waals surface area contributed by atoms with Crippen molar-refractivity contribution >= 4 is 10.8 Å². The van der Waals surface area contributed by atoms with Crippen LogP contribution in [0, 0.1) is 46.9 Å². The van der Waals surface area contributed by atoms with Crippen molar-refractivity contribution < 1.29 is 17.6 Å². The fourth-order valence-electron chi connectivity index (χ4n) is 4.64. The van der Waals surface area contributed by atoms with Gasteiger partial charge in [-0.15, -0.1) is 0 Å². The Hall–Kier alpha value is -2.80. The average Bonchev–Trinajstić information content (AvgIpc) is 2.81. The third-order valence-corrected chi connectivity index (χ3v) is 6.73. The molecule has 4 rings (SSSR count). The molecule has 0 radical (unpaired) electrons. The van der Waals surface area contributed by atoms with Gasteiger partial charge in [0.2, 0.25) is 0 Å². The molecule has 0 spiro atoms. The van der Waals surface area contributed by atoms with Crippen LogP contribution in [0.2, 0.25) is 0 Å². The predicted molar refractivity (Wildman–Crippen MR) is 120 cm³/mol. The van der Waals surface area contributed by atoms with Gasteiger partial charge in [0.15, 0.2) is 17.5 Å². The van der Waals surface area contributed by atoms with Crippen LogP contribution >= 0.6 is 0 Å². The summed E-state index contributed by atoms with van der Waals surface area (Å²) < 4.78 is 55.3. The average molecular weight is 439 g/mol. The van der Waals surface area contributed by atoms with Crippen LogP contribution in [0.4, 0.5) is 17.6 Å². The number of hydrogen-bond donors (Lipinski definition) is 0. The maximum atomic E-state index is 14.6. The number of aryl methyl sites for hydroxylation is 1. The molecule has 0 amide bonds. The summed E-state index contributed by atoms with van der Waals surface area (Å²) in [5, 5.41) is 0.185. The molecule has 1 fully saturated rings. The molecule has 0 N–H and O–H groups in total. The second kappa shape index (κ2) is 9.77. The molecule has 0 heterocycles. The number of hydrogen-bond acceptors (Lipinski definition) is 0. The smallest absolute Gasteiger partial charge is 0.195 e. The van der Waals surface area contributed by atoms with Gasteiger partial charge < -0.3 is 0 Å². The van der Waals surface area contributed by atoms with Gasteiger partial charge in [0.1, 0.15) is 5.82 Å². The number of halogens is 4. The van der Waals surface area contributed by atoms with Crippen LogP contribution in [0.25, 0.3) is 10.8 Å². The third-order valence-electron chi connectivity index (χ3n) is 6.73. The molecule has 3 aromatic rings. The Morgan fingerprint density at radius 3 is 2.25 bits per heavy atom. The minimum atomic E-state index is -1.49. The van der Waals surface area contributed by atoms with Crippen molar-refractivity contribution in [3.05, 3.63) is 82.4 Å². The lowest BCUT2D eigenvalue weighted by atomic mass is 9.78. The topological polar surface area (TPSA) is 0 Å². The fraction of sp³-hybridized carbons (Fsp3) is 0.357. The summed E-state index contributed by atoms with van der Waals surface area (Å²) in [6.45, 7) is 2.26. The Morgan fingerprint density at radius 1 is 0.781 bits per heavy atom. The van der Waals surface area contributed by atoms with Crippen LogP contribution in [0.5, 0.6) is 0 Å². The minimum absolute atomic E-state index is 0.0202. The first kappa shape index (κ1) is 22.4. The van der Waals surface area contributed by atoms with Crippen molar-refractivity contribution in [2.45, 2.75) is 51.9 Å². The van der Waals surface area contributed by atoms with Gasteiger partial charge in [-0.2, -0.15) is 0 Å². The van der Waals surface area contributed by atoms with Crippen LogP contribution < -0.4 is 0 Å². The van der Waals surface area contributed by atoms with Crippen LogP contribution in [0.3, 0.4) is 0 Å². The van der Waals surface area contributed by atoms with E-state index >= 15 is 0 Å². The lowest BCUT2D eigenvalue weighted by molar-refractivity contribution is 0.259. The molecule has 32 heavy (non-hydrogen) atoms. The molecule has 0 bridgehead atoms. The largest absolute Gasteiger partial charge is 0.206 e. The second-order valence-electron chi connectivity index (χ2n) is 8.82. The summed E-state index contributed by atoms with van der Waals surface area (Å²) in [4.78, 5) is 0. The highest BCUT2D eigenvalue weighted by atomic mass is 19.2. The highest BCUT2D eigenvalue weighted by Crippen LogP contribution is 2.33. The monoisotopic (exact) mass is 438 g/mol.